The van der Waals surface area contributed by atoms with Gasteiger partial charge in [-0.2, -0.15) is 0 Å². The number of aromatic nitrogens is 2. The summed E-state index contributed by atoms with van der Waals surface area (Å²) in [7, 11) is 0. The molecule has 0 atom stereocenters. The summed E-state index contributed by atoms with van der Waals surface area (Å²) in [6, 6.07) is 0. The monoisotopic (exact) mass is 183 g/mol. The molecule has 0 saturated heterocycles. The highest BCUT2D eigenvalue weighted by Gasteiger charge is 2.19. The van der Waals surface area contributed by atoms with Gasteiger partial charge in [0.1, 0.15) is 12.0 Å². The number of nitrogen functional groups attached to an aromatic ring is 1. The number of ketones is 1. The van der Waals surface area contributed by atoms with Crippen molar-refractivity contribution >= 4 is 11.8 Å². The number of hydrogen-bond acceptors (Lipinski definition) is 5. The van der Waals surface area contributed by atoms with Gasteiger partial charge in [-0.25, -0.2) is 9.78 Å². The summed E-state index contributed by atoms with van der Waals surface area (Å²) in [5.74, 6) is 3.54. The molecule has 13 heavy (non-hydrogen) atoms. The summed E-state index contributed by atoms with van der Waals surface area (Å²) < 4.78 is 5.58. The Morgan fingerprint density at radius 1 is 1.69 bits per heavy atom. The van der Waals surface area contributed by atoms with Crippen LogP contribution in [0.2, 0.25) is 0 Å². The van der Waals surface area contributed by atoms with E-state index in [9.17, 15) is 9.59 Å². The number of imidazole rings is 1. The topological polar surface area (TPSA) is 87.2 Å². The average Bonchev–Trinajstić information content (AvgIpc) is 2.51. The van der Waals surface area contributed by atoms with Crippen LogP contribution in [0.5, 0.6) is 0 Å². The fourth-order valence-corrected chi connectivity index (χ4v) is 0.755. The van der Waals surface area contributed by atoms with Gasteiger partial charge >= 0.3 is 5.97 Å². The smallest absolute Gasteiger partial charge is 0.381 e. The number of nitrogens with two attached hydrogens (primary N) is 1. The van der Waals surface area contributed by atoms with Crippen LogP contribution >= 0.6 is 0 Å². The highest BCUT2D eigenvalue weighted by molar-refractivity contribution is 6.40. The van der Waals surface area contributed by atoms with Crippen molar-refractivity contribution in [3.63, 3.8) is 0 Å². The second kappa shape index (κ2) is 3.70. The molecule has 2 N–H and O–H groups in total. The molecule has 0 amide bonds. The van der Waals surface area contributed by atoms with Crippen molar-refractivity contribution in [3.05, 3.63) is 18.2 Å². The van der Waals surface area contributed by atoms with Gasteiger partial charge in [0.05, 0.1) is 12.8 Å². The molecule has 0 aliphatic carbocycles. The zero-order valence-corrected chi connectivity index (χ0v) is 7.06. The second-order valence-electron chi connectivity index (χ2n) is 2.26. The lowest BCUT2D eigenvalue weighted by Crippen LogP contribution is -2.18. The zero-order chi connectivity index (χ0) is 9.84. The second-order valence-corrected chi connectivity index (χ2v) is 2.26. The summed E-state index contributed by atoms with van der Waals surface area (Å²) >= 11 is 0. The van der Waals surface area contributed by atoms with Crippen LogP contribution in [0.1, 0.15) is 17.4 Å². The molecule has 0 saturated carbocycles. The van der Waals surface area contributed by atoms with Crippen LogP contribution in [0, 0.1) is 0 Å². The van der Waals surface area contributed by atoms with Crippen LogP contribution in [-0.2, 0) is 9.53 Å². The van der Waals surface area contributed by atoms with Crippen LogP contribution in [0.4, 0.5) is 0 Å². The lowest BCUT2D eigenvalue weighted by atomic mass is 10.3. The molecule has 0 fully saturated rings. The number of Topliss-reactive ketones (excluding diaryl/α,β-unsaturated/α-hetero) is 1. The summed E-state index contributed by atoms with van der Waals surface area (Å²) in [5.41, 5.74) is -0.0130. The largest absolute Gasteiger partial charge is 0.460 e. The molecule has 0 radical (unpaired) electrons. The van der Waals surface area contributed by atoms with Crippen molar-refractivity contribution in [1.82, 2.24) is 9.66 Å². The van der Waals surface area contributed by atoms with Crippen LogP contribution < -0.4 is 5.84 Å². The zero-order valence-electron chi connectivity index (χ0n) is 7.06. The fraction of sp³-hybridized carbons (Fsp3) is 0.286. The molecular weight excluding hydrogens is 174 g/mol. The summed E-state index contributed by atoms with van der Waals surface area (Å²) in [6.45, 7) is 1.78. The number of hydrogen-bond donors (Lipinski definition) is 1. The van der Waals surface area contributed by atoms with Gasteiger partial charge in [0.2, 0.25) is 0 Å². The van der Waals surface area contributed by atoms with E-state index < -0.39 is 11.8 Å². The Balaban J connectivity index is 2.73. The van der Waals surface area contributed by atoms with Crippen LogP contribution in [0.15, 0.2) is 12.5 Å². The van der Waals surface area contributed by atoms with E-state index in [1.54, 1.807) is 6.92 Å². The van der Waals surface area contributed by atoms with Crippen LogP contribution in [-0.4, -0.2) is 28.0 Å². The lowest BCUT2D eigenvalue weighted by molar-refractivity contribution is -0.137. The van der Waals surface area contributed by atoms with Gasteiger partial charge in [0.15, 0.2) is 0 Å². The van der Waals surface area contributed by atoms with Crippen molar-refractivity contribution in [2.45, 2.75) is 6.92 Å². The normalized spacial score (nSPS) is 9.62. The Kier molecular flexibility index (Phi) is 2.63. The Morgan fingerprint density at radius 2 is 2.38 bits per heavy atom. The highest BCUT2D eigenvalue weighted by Crippen LogP contribution is 1.96. The van der Waals surface area contributed by atoms with Crippen molar-refractivity contribution in [2.24, 2.45) is 0 Å². The van der Waals surface area contributed by atoms with E-state index in [-0.39, 0.29) is 12.3 Å². The molecular formula is C7H9N3O3. The SMILES string of the molecule is CCOC(=O)C(=O)c1cn(N)cn1. The predicted molar refractivity (Wildman–Crippen MR) is 43.3 cm³/mol. The van der Waals surface area contributed by atoms with Gasteiger partial charge in [-0.05, 0) is 6.92 Å². The Hall–Kier alpha value is -1.85. The average molecular weight is 183 g/mol. The number of carbonyl (C=O) groups excluding carboxylic acids is 2. The van der Waals surface area contributed by atoms with E-state index in [1.807, 2.05) is 0 Å². The minimum Gasteiger partial charge on any atom is -0.460 e. The van der Waals surface area contributed by atoms with E-state index >= 15 is 0 Å². The maximum atomic E-state index is 11.1. The Labute approximate surface area is 74.3 Å². The molecule has 0 bridgehead atoms. The van der Waals surface area contributed by atoms with E-state index in [2.05, 4.69) is 9.72 Å². The molecule has 1 heterocycles. The molecule has 0 aromatic carbocycles. The van der Waals surface area contributed by atoms with E-state index in [1.165, 1.54) is 12.5 Å². The number of ether oxygens (including phenoxy) is 1. The predicted octanol–water partition coefficient (Wildman–Crippen LogP) is -0.657. The first-order valence-corrected chi connectivity index (χ1v) is 3.65. The standard InChI is InChI=1S/C7H9N3O3/c1-2-13-7(12)6(11)5-3-10(8)4-9-5/h3-4H,2,8H2,1H3. The van der Waals surface area contributed by atoms with Gasteiger partial charge in [-0.3, -0.25) is 9.47 Å². The molecule has 0 unspecified atom stereocenters. The maximum absolute atomic E-state index is 11.1. The van der Waals surface area contributed by atoms with Crippen molar-refractivity contribution in [2.75, 3.05) is 12.4 Å². The van der Waals surface area contributed by atoms with E-state index in [0.29, 0.717) is 0 Å². The first-order chi connectivity index (χ1) is 6.15. The van der Waals surface area contributed by atoms with Crippen LogP contribution in [0.3, 0.4) is 0 Å². The molecule has 1 aromatic rings. The molecule has 6 nitrogen and oxygen atoms in total. The molecule has 0 aliphatic heterocycles. The van der Waals surface area contributed by atoms with Gasteiger partial charge < -0.3 is 10.6 Å². The van der Waals surface area contributed by atoms with Gasteiger partial charge in [0, 0.05) is 0 Å². The summed E-state index contributed by atoms with van der Waals surface area (Å²) in [6.07, 6.45) is 2.48. The molecule has 0 aliphatic rings. The molecule has 1 rings (SSSR count). The minimum atomic E-state index is -0.916. The summed E-state index contributed by atoms with van der Waals surface area (Å²) in [5, 5.41) is 0. The Morgan fingerprint density at radius 3 is 2.85 bits per heavy atom. The third kappa shape index (κ3) is 2.05. The summed E-state index contributed by atoms with van der Waals surface area (Å²) in [4.78, 5) is 25.6. The Bertz CT molecular complexity index is 331. The highest BCUT2D eigenvalue weighted by atomic mass is 16.5. The first kappa shape index (κ1) is 9.24. The van der Waals surface area contributed by atoms with Gasteiger partial charge in [0.25, 0.3) is 5.78 Å². The van der Waals surface area contributed by atoms with E-state index in [0.717, 1.165) is 4.68 Å². The third-order valence-corrected chi connectivity index (χ3v) is 1.29. The lowest BCUT2D eigenvalue weighted by Gasteiger charge is -1.96. The molecule has 70 valence electrons. The number of esters is 1. The van der Waals surface area contributed by atoms with Gasteiger partial charge in [-0.1, -0.05) is 0 Å². The number of nitrogens with zero attached hydrogens (tertiary/aromatic N) is 2. The molecule has 0 spiro atoms. The molecule has 6 heteroatoms. The molecule has 1 aromatic heterocycles. The van der Waals surface area contributed by atoms with Crippen molar-refractivity contribution in [1.29, 1.82) is 0 Å². The maximum Gasteiger partial charge on any atom is 0.381 e. The van der Waals surface area contributed by atoms with Crippen LogP contribution in [0.25, 0.3) is 0 Å². The fourth-order valence-electron chi connectivity index (χ4n) is 0.755. The number of carbonyl (C=O) groups is 2. The third-order valence-electron chi connectivity index (χ3n) is 1.29. The van der Waals surface area contributed by atoms with Gasteiger partial charge in [-0.15, -0.1) is 0 Å². The van der Waals surface area contributed by atoms with Crippen molar-refractivity contribution < 1.29 is 14.3 Å². The quantitative estimate of drug-likeness (QED) is 0.291. The number of rotatable bonds is 3. The van der Waals surface area contributed by atoms with Crippen molar-refractivity contribution in [3.8, 4) is 0 Å². The first-order valence-electron chi connectivity index (χ1n) is 3.65. The van der Waals surface area contributed by atoms with E-state index in [4.69, 9.17) is 5.84 Å². The minimum absolute atomic E-state index is 0.0130.